The van der Waals surface area contributed by atoms with E-state index in [1.165, 1.54) is 4.68 Å². The number of carboxylic acid groups (broad SMARTS) is 1. The number of aliphatic hydroxyl groups excluding tert-OH is 1. The normalized spacial score (nSPS) is 22.4. The highest BCUT2D eigenvalue weighted by Gasteiger charge is 2.37. The molecule has 39 heavy (non-hydrogen) atoms. The maximum Gasteiger partial charge on any atom is 0.306 e. The molecule has 0 radical (unpaired) electrons. The average molecular weight is 554 g/mol. The van der Waals surface area contributed by atoms with Crippen LogP contribution >= 0.6 is 11.6 Å². The minimum atomic E-state index is -0.771. The molecule has 8 nitrogen and oxygen atoms in total. The molecule has 2 fully saturated rings. The Labute approximate surface area is 233 Å². The summed E-state index contributed by atoms with van der Waals surface area (Å²) in [4.78, 5) is 40.8. The van der Waals surface area contributed by atoms with Gasteiger partial charge < -0.3 is 15.1 Å². The molecular formula is C30H36ClN3O5. The maximum atomic E-state index is 14.1. The first-order valence-corrected chi connectivity index (χ1v) is 14.4. The van der Waals surface area contributed by atoms with E-state index in [1.807, 2.05) is 23.1 Å². The molecule has 0 spiro atoms. The molecule has 0 bridgehead atoms. The fourth-order valence-corrected chi connectivity index (χ4v) is 6.59. The van der Waals surface area contributed by atoms with E-state index in [4.69, 9.17) is 21.8 Å². The van der Waals surface area contributed by atoms with Crippen molar-refractivity contribution in [1.29, 1.82) is 0 Å². The number of aliphatic hydroxyl groups is 1. The van der Waals surface area contributed by atoms with Crippen LogP contribution in [-0.2, 0) is 22.4 Å². The van der Waals surface area contributed by atoms with Gasteiger partial charge in [0.2, 0.25) is 5.91 Å². The summed E-state index contributed by atoms with van der Waals surface area (Å²) in [6, 6.07) is 5.64. The predicted molar refractivity (Wildman–Crippen MR) is 148 cm³/mol. The number of aliphatic carboxylic acids is 1. The van der Waals surface area contributed by atoms with Gasteiger partial charge in [-0.3, -0.25) is 14.4 Å². The molecule has 2 aromatic rings. The number of hydrogen-bond donors (Lipinski definition) is 2. The molecule has 2 unspecified atom stereocenters. The number of amides is 1. The zero-order chi connectivity index (χ0) is 27.7. The maximum absolute atomic E-state index is 14.1. The Balaban J connectivity index is 0.00000151. The van der Waals surface area contributed by atoms with E-state index in [2.05, 4.69) is 0 Å². The summed E-state index contributed by atoms with van der Waals surface area (Å²) in [6.07, 6.45) is 9.71. The van der Waals surface area contributed by atoms with Gasteiger partial charge in [-0.25, -0.2) is 0 Å². The number of nitrogens with zero attached hydrogens (tertiary/aromatic N) is 3. The number of benzene rings is 1. The van der Waals surface area contributed by atoms with Crippen LogP contribution < -0.4 is 0 Å². The third-order valence-electron chi connectivity index (χ3n) is 8.57. The number of rotatable bonds is 5. The summed E-state index contributed by atoms with van der Waals surface area (Å²) in [6.45, 7) is 1.63. The molecule has 2 atom stereocenters. The number of carboxylic acids is 1. The van der Waals surface area contributed by atoms with Crippen molar-refractivity contribution in [2.75, 3.05) is 20.2 Å². The Morgan fingerprint density at radius 1 is 1.00 bits per heavy atom. The molecule has 1 aliphatic heterocycles. The quantitative estimate of drug-likeness (QED) is 0.554. The Kier molecular flexibility index (Phi) is 8.24. The van der Waals surface area contributed by atoms with Crippen LogP contribution in [-0.4, -0.2) is 62.9 Å². The topological polar surface area (TPSA) is 113 Å². The Hall–Kier alpha value is -2.97. The number of carbonyl (C=O) groups is 3. The lowest BCUT2D eigenvalue weighted by Crippen LogP contribution is -2.37. The van der Waals surface area contributed by atoms with Crippen LogP contribution in [0.25, 0.3) is 5.57 Å². The molecule has 1 aromatic carbocycles. The molecular weight excluding hydrogens is 518 g/mol. The van der Waals surface area contributed by atoms with Crippen molar-refractivity contribution in [3.05, 3.63) is 57.4 Å². The van der Waals surface area contributed by atoms with Gasteiger partial charge in [-0.15, -0.1) is 0 Å². The first-order valence-electron chi connectivity index (χ1n) is 14.0. The molecule has 1 saturated heterocycles. The minimum absolute atomic E-state index is 0.160. The number of halogens is 1. The summed E-state index contributed by atoms with van der Waals surface area (Å²) < 4.78 is 1.52. The SMILES string of the molecule is CO.O=C(O)C1CC=C(c2nn(C(=O)c3c(Cl)cccc3C3CC3)c3c2CCC(C(=O)N2CCCC2)C3)CC1. The van der Waals surface area contributed by atoms with E-state index >= 15 is 0 Å². The third kappa shape index (κ3) is 5.41. The van der Waals surface area contributed by atoms with E-state index in [-0.39, 0.29) is 23.7 Å². The molecule has 1 aromatic heterocycles. The largest absolute Gasteiger partial charge is 0.481 e. The second kappa shape index (κ2) is 11.6. The van der Waals surface area contributed by atoms with Crippen LogP contribution in [0, 0.1) is 11.8 Å². The average Bonchev–Trinajstić information content (AvgIpc) is 3.52. The van der Waals surface area contributed by atoms with Crippen molar-refractivity contribution in [1.82, 2.24) is 14.7 Å². The van der Waals surface area contributed by atoms with Gasteiger partial charge in [-0.1, -0.05) is 29.8 Å². The highest BCUT2D eigenvalue weighted by Crippen LogP contribution is 2.44. The number of carbonyl (C=O) groups excluding carboxylic acids is 2. The van der Waals surface area contributed by atoms with E-state index in [0.717, 1.165) is 80.4 Å². The Bertz CT molecular complexity index is 1310. The van der Waals surface area contributed by atoms with E-state index < -0.39 is 5.97 Å². The van der Waals surface area contributed by atoms with Crippen molar-refractivity contribution < 1.29 is 24.6 Å². The van der Waals surface area contributed by atoms with Gasteiger partial charge in [0.25, 0.3) is 5.91 Å². The standard InChI is InChI=1S/C29H32ClN3O4.CH4O/c30-23-5-3-4-21(17-6-7-17)25(23)28(35)33-24-16-20(27(34)32-14-1-2-15-32)12-13-22(24)26(31-33)18-8-10-19(11-9-18)29(36)37;1-2/h3-5,8,17,19-20H,1-2,6-7,9-16H2,(H,36,37);2H,1H3. The highest BCUT2D eigenvalue weighted by atomic mass is 35.5. The third-order valence-corrected chi connectivity index (χ3v) is 8.89. The molecule has 1 saturated carbocycles. The first-order chi connectivity index (χ1) is 18.9. The lowest BCUT2D eigenvalue weighted by atomic mass is 9.82. The molecule has 6 rings (SSSR count). The molecule has 9 heteroatoms. The number of hydrogen-bond acceptors (Lipinski definition) is 5. The van der Waals surface area contributed by atoms with E-state index in [0.29, 0.717) is 48.6 Å². The van der Waals surface area contributed by atoms with Crippen molar-refractivity contribution in [2.24, 2.45) is 11.8 Å². The minimum Gasteiger partial charge on any atom is -0.481 e. The number of allylic oxidation sites excluding steroid dienone is 2. The smallest absolute Gasteiger partial charge is 0.306 e. The molecule has 2 heterocycles. The molecule has 2 N–H and O–H groups in total. The van der Waals surface area contributed by atoms with Crippen LogP contribution in [0.4, 0.5) is 0 Å². The summed E-state index contributed by atoms with van der Waals surface area (Å²) >= 11 is 6.61. The van der Waals surface area contributed by atoms with Crippen LogP contribution in [0.2, 0.25) is 5.02 Å². The van der Waals surface area contributed by atoms with Gasteiger partial charge in [0.05, 0.1) is 27.9 Å². The van der Waals surface area contributed by atoms with Crippen LogP contribution in [0.3, 0.4) is 0 Å². The van der Waals surface area contributed by atoms with Crippen molar-refractivity contribution in [2.45, 2.75) is 70.1 Å². The highest BCUT2D eigenvalue weighted by molar-refractivity contribution is 6.34. The van der Waals surface area contributed by atoms with Gasteiger partial charge in [-0.2, -0.15) is 9.78 Å². The van der Waals surface area contributed by atoms with E-state index in [9.17, 15) is 19.5 Å². The van der Waals surface area contributed by atoms with Crippen LogP contribution in [0.1, 0.15) is 90.2 Å². The number of fused-ring (bicyclic) bond motifs is 1. The molecule has 208 valence electrons. The monoisotopic (exact) mass is 553 g/mol. The second-order valence-electron chi connectivity index (χ2n) is 11.0. The van der Waals surface area contributed by atoms with Gasteiger partial charge in [-0.05, 0) is 80.9 Å². The predicted octanol–water partition coefficient (Wildman–Crippen LogP) is 4.71. The summed E-state index contributed by atoms with van der Waals surface area (Å²) in [5, 5.41) is 21.7. The summed E-state index contributed by atoms with van der Waals surface area (Å²) in [5.74, 6) is -1.01. The Morgan fingerprint density at radius 3 is 2.36 bits per heavy atom. The van der Waals surface area contributed by atoms with Gasteiger partial charge in [0.15, 0.2) is 0 Å². The van der Waals surface area contributed by atoms with E-state index in [1.54, 1.807) is 6.07 Å². The van der Waals surface area contributed by atoms with Gasteiger partial charge in [0.1, 0.15) is 0 Å². The second-order valence-corrected chi connectivity index (χ2v) is 11.4. The lowest BCUT2D eigenvalue weighted by molar-refractivity contribution is -0.142. The molecule has 3 aliphatic carbocycles. The lowest BCUT2D eigenvalue weighted by Gasteiger charge is -2.27. The zero-order valence-corrected chi connectivity index (χ0v) is 23.1. The Morgan fingerprint density at radius 2 is 1.72 bits per heavy atom. The zero-order valence-electron chi connectivity index (χ0n) is 22.4. The van der Waals surface area contributed by atoms with Crippen LogP contribution in [0.15, 0.2) is 24.3 Å². The number of likely N-dealkylation sites (tertiary alicyclic amines) is 1. The van der Waals surface area contributed by atoms with Gasteiger partial charge in [0, 0.05) is 38.1 Å². The first kappa shape index (κ1) is 27.6. The summed E-state index contributed by atoms with van der Waals surface area (Å²) in [7, 11) is 1.00. The molecule has 1 amide bonds. The van der Waals surface area contributed by atoms with Gasteiger partial charge >= 0.3 is 5.97 Å². The molecule has 4 aliphatic rings. The summed E-state index contributed by atoms with van der Waals surface area (Å²) in [5.41, 5.74) is 5.13. The fraction of sp³-hybridized carbons (Fsp3) is 0.533. The van der Waals surface area contributed by atoms with Crippen LogP contribution in [0.5, 0.6) is 0 Å². The van der Waals surface area contributed by atoms with Crippen molar-refractivity contribution >= 4 is 35.0 Å². The van der Waals surface area contributed by atoms with Crippen molar-refractivity contribution in [3.63, 3.8) is 0 Å². The fourth-order valence-electron chi connectivity index (χ4n) is 6.32. The van der Waals surface area contributed by atoms with Crippen molar-refractivity contribution in [3.8, 4) is 0 Å². The number of aromatic nitrogens is 2.